The number of carboxylic acid groups (broad SMARTS) is 1. The Kier molecular flexibility index (Phi) is 8.63. The Balaban J connectivity index is 2.46. The van der Waals surface area contributed by atoms with E-state index in [0.29, 0.717) is 12.8 Å². The molecule has 0 amide bonds. The van der Waals surface area contributed by atoms with Crippen LogP contribution in [0.2, 0.25) is 0 Å². The molecule has 0 aliphatic rings. The first-order chi connectivity index (χ1) is 11.9. The fraction of sp³-hybridized carbons (Fsp3) is 0.333. The lowest BCUT2D eigenvalue weighted by Gasteiger charge is -2.05. The number of carbonyl (C=O) groups excluding carboxylic acids is 3. The first-order valence-electron chi connectivity index (χ1n) is 7.79. The summed E-state index contributed by atoms with van der Waals surface area (Å²) in [6.45, 7) is 1.97. The number of carbonyl (C=O) groups is 4. The molecule has 0 unspecified atom stereocenters. The molecule has 0 saturated heterocycles. The molecule has 0 aromatic heterocycles. The van der Waals surface area contributed by atoms with Crippen LogP contribution in [-0.4, -0.2) is 35.6 Å². The normalized spacial score (nSPS) is 10.4. The van der Waals surface area contributed by atoms with E-state index in [1.54, 1.807) is 12.2 Å². The van der Waals surface area contributed by atoms with Gasteiger partial charge in [-0.2, -0.15) is 0 Å². The van der Waals surface area contributed by atoms with Crippen LogP contribution in [0.5, 0.6) is 0 Å². The van der Waals surface area contributed by atoms with Crippen LogP contribution in [0.4, 0.5) is 0 Å². The highest BCUT2D eigenvalue weighted by atomic mass is 16.6. The highest BCUT2D eigenvalue weighted by molar-refractivity contribution is 5.98. The molecular formula is C18H20O7. The number of ether oxygens (including phenoxy) is 2. The molecule has 0 bridgehead atoms. The van der Waals surface area contributed by atoms with Gasteiger partial charge in [-0.15, -0.1) is 0 Å². The number of carboxylic acids is 1. The maximum Gasteiger partial charge on any atom is 0.345 e. The average molecular weight is 348 g/mol. The molecule has 1 aromatic rings. The number of esters is 3. The van der Waals surface area contributed by atoms with E-state index >= 15 is 0 Å². The molecule has 1 aromatic carbocycles. The van der Waals surface area contributed by atoms with E-state index in [9.17, 15) is 19.2 Å². The quantitative estimate of drug-likeness (QED) is 0.316. The zero-order chi connectivity index (χ0) is 18.7. The molecular weight excluding hydrogens is 328 g/mol. The van der Waals surface area contributed by atoms with Crippen molar-refractivity contribution in [2.75, 3.05) is 6.61 Å². The number of aliphatic carboxylic acids is 1. The van der Waals surface area contributed by atoms with Gasteiger partial charge in [0.2, 0.25) is 0 Å². The van der Waals surface area contributed by atoms with Gasteiger partial charge in [0.25, 0.3) is 0 Å². The van der Waals surface area contributed by atoms with Crippen LogP contribution in [0.25, 0.3) is 0 Å². The van der Waals surface area contributed by atoms with Crippen molar-refractivity contribution in [3.63, 3.8) is 0 Å². The second kappa shape index (κ2) is 10.7. The lowest BCUT2D eigenvalue weighted by atomic mass is 10.1. The molecule has 0 aliphatic heterocycles. The van der Waals surface area contributed by atoms with Gasteiger partial charge in [-0.1, -0.05) is 12.2 Å². The summed E-state index contributed by atoms with van der Waals surface area (Å²) in [7, 11) is 0. The van der Waals surface area contributed by atoms with E-state index in [4.69, 9.17) is 9.84 Å². The predicted molar refractivity (Wildman–Crippen MR) is 88.1 cm³/mol. The molecule has 1 rings (SSSR count). The number of benzene rings is 1. The average Bonchev–Trinajstić information content (AvgIpc) is 2.58. The van der Waals surface area contributed by atoms with Crippen molar-refractivity contribution in [2.24, 2.45) is 0 Å². The van der Waals surface area contributed by atoms with Gasteiger partial charge in [-0.25, -0.2) is 9.59 Å². The minimum atomic E-state index is -0.936. The molecule has 0 heterocycles. The maximum absolute atomic E-state index is 11.8. The molecule has 134 valence electrons. The third-order valence-corrected chi connectivity index (χ3v) is 3.13. The second-order valence-corrected chi connectivity index (χ2v) is 5.11. The molecule has 7 heteroatoms. The molecule has 0 atom stereocenters. The zero-order valence-corrected chi connectivity index (χ0v) is 13.9. The predicted octanol–water partition coefficient (Wildman–Crippen LogP) is 2.75. The van der Waals surface area contributed by atoms with Crippen LogP contribution in [0.1, 0.15) is 53.3 Å². The van der Waals surface area contributed by atoms with Crippen LogP contribution in [-0.2, 0) is 19.1 Å². The Bertz CT molecular complexity index is 644. The molecule has 7 nitrogen and oxygen atoms in total. The molecule has 0 saturated carbocycles. The zero-order valence-electron chi connectivity index (χ0n) is 13.9. The summed E-state index contributed by atoms with van der Waals surface area (Å²) in [5.74, 6) is -3.00. The SMILES string of the molecule is CC=CCOC(=O)c1ccc(C(=O)OC(=O)CCCCC(=O)O)cc1. The van der Waals surface area contributed by atoms with E-state index in [-0.39, 0.29) is 30.6 Å². The van der Waals surface area contributed by atoms with Gasteiger partial charge in [0, 0.05) is 12.8 Å². The summed E-state index contributed by atoms with van der Waals surface area (Å²) in [6.07, 6.45) is 4.04. The van der Waals surface area contributed by atoms with Gasteiger partial charge < -0.3 is 14.6 Å². The van der Waals surface area contributed by atoms with Crippen molar-refractivity contribution in [1.82, 2.24) is 0 Å². The number of unbranched alkanes of at least 4 members (excludes halogenated alkanes) is 1. The summed E-state index contributed by atoms with van der Waals surface area (Å²) in [4.78, 5) is 45.4. The third kappa shape index (κ3) is 7.92. The highest BCUT2D eigenvalue weighted by Crippen LogP contribution is 2.09. The monoisotopic (exact) mass is 348 g/mol. The van der Waals surface area contributed by atoms with Crippen molar-refractivity contribution >= 4 is 23.9 Å². The van der Waals surface area contributed by atoms with Gasteiger partial charge in [0.05, 0.1) is 11.1 Å². The summed E-state index contributed by atoms with van der Waals surface area (Å²) >= 11 is 0. The molecule has 0 radical (unpaired) electrons. The van der Waals surface area contributed by atoms with Crippen LogP contribution in [0.3, 0.4) is 0 Å². The van der Waals surface area contributed by atoms with Crippen LogP contribution < -0.4 is 0 Å². The summed E-state index contributed by atoms with van der Waals surface area (Å²) in [5.41, 5.74) is 0.407. The van der Waals surface area contributed by atoms with Crippen LogP contribution in [0.15, 0.2) is 36.4 Å². The van der Waals surface area contributed by atoms with Crippen molar-refractivity contribution in [1.29, 1.82) is 0 Å². The molecule has 25 heavy (non-hydrogen) atoms. The molecule has 1 N–H and O–H groups in total. The molecule has 0 spiro atoms. The van der Waals surface area contributed by atoms with E-state index in [0.717, 1.165) is 0 Å². The minimum absolute atomic E-state index is 0.0334. The maximum atomic E-state index is 11.8. The first kappa shape index (κ1) is 20.1. The lowest BCUT2D eigenvalue weighted by molar-refractivity contribution is -0.139. The van der Waals surface area contributed by atoms with Gasteiger partial charge >= 0.3 is 23.9 Å². The summed E-state index contributed by atoms with van der Waals surface area (Å²) in [6, 6.07) is 5.55. The Morgan fingerprint density at radius 2 is 1.52 bits per heavy atom. The first-order valence-corrected chi connectivity index (χ1v) is 7.79. The van der Waals surface area contributed by atoms with Crippen molar-refractivity contribution in [3.8, 4) is 0 Å². The van der Waals surface area contributed by atoms with Gasteiger partial charge in [0.1, 0.15) is 6.61 Å². The molecule has 0 aliphatic carbocycles. The number of allylic oxidation sites excluding steroid dienone is 1. The van der Waals surface area contributed by atoms with Gasteiger partial charge in [-0.05, 0) is 44.0 Å². The number of rotatable bonds is 9. The van der Waals surface area contributed by atoms with Gasteiger partial charge in [0.15, 0.2) is 0 Å². The summed E-state index contributed by atoms with van der Waals surface area (Å²) < 4.78 is 9.64. The van der Waals surface area contributed by atoms with E-state index in [1.165, 1.54) is 24.3 Å². The van der Waals surface area contributed by atoms with E-state index < -0.39 is 23.9 Å². The fourth-order valence-corrected chi connectivity index (χ4v) is 1.80. The lowest BCUT2D eigenvalue weighted by Crippen LogP contribution is -2.13. The number of hydrogen-bond donors (Lipinski definition) is 1. The van der Waals surface area contributed by atoms with E-state index in [2.05, 4.69) is 4.74 Å². The van der Waals surface area contributed by atoms with Crippen LogP contribution in [0, 0.1) is 0 Å². The Morgan fingerprint density at radius 3 is 2.08 bits per heavy atom. The molecule has 0 fully saturated rings. The minimum Gasteiger partial charge on any atom is -0.481 e. The fourth-order valence-electron chi connectivity index (χ4n) is 1.80. The van der Waals surface area contributed by atoms with Crippen molar-refractivity contribution in [3.05, 3.63) is 47.5 Å². The Hall–Kier alpha value is -2.96. The Morgan fingerprint density at radius 1 is 0.960 bits per heavy atom. The van der Waals surface area contributed by atoms with E-state index in [1.807, 2.05) is 6.92 Å². The smallest absolute Gasteiger partial charge is 0.345 e. The van der Waals surface area contributed by atoms with Crippen molar-refractivity contribution < 1.29 is 33.8 Å². The Labute approximate surface area is 145 Å². The van der Waals surface area contributed by atoms with Crippen molar-refractivity contribution in [2.45, 2.75) is 32.6 Å². The number of hydrogen-bond acceptors (Lipinski definition) is 6. The topological polar surface area (TPSA) is 107 Å². The standard InChI is InChI=1S/C18H20O7/c1-2-3-12-24-17(22)13-8-10-14(11-9-13)18(23)25-16(21)7-5-4-6-15(19)20/h2-3,8-11H,4-7,12H2,1H3,(H,19,20). The highest BCUT2D eigenvalue weighted by Gasteiger charge is 2.14. The third-order valence-electron chi connectivity index (χ3n) is 3.13. The van der Waals surface area contributed by atoms with Crippen LogP contribution >= 0.6 is 0 Å². The largest absolute Gasteiger partial charge is 0.481 e. The van der Waals surface area contributed by atoms with Gasteiger partial charge in [-0.3, -0.25) is 9.59 Å². The summed E-state index contributed by atoms with van der Waals surface area (Å²) in [5, 5.41) is 8.49. The second-order valence-electron chi connectivity index (χ2n) is 5.11.